The summed E-state index contributed by atoms with van der Waals surface area (Å²) in [6.07, 6.45) is 3.98. The first-order chi connectivity index (χ1) is 15.6. The number of aryl methyl sites for hydroxylation is 1. The van der Waals surface area contributed by atoms with Gasteiger partial charge in [0.05, 0.1) is 17.1 Å². The van der Waals surface area contributed by atoms with E-state index in [9.17, 15) is 5.21 Å². The Hall–Kier alpha value is -2.66. The zero-order valence-electron chi connectivity index (χ0n) is 17.3. The molecule has 3 atom stereocenters. The maximum Gasteiger partial charge on any atom is 0.243 e. The van der Waals surface area contributed by atoms with E-state index in [1.54, 1.807) is 12.3 Å². The Labute approximate surface area is 193 Å². The highest BCUT2D eigenvalue weighted by atomic mass is 35.5. The van der Waals surface area contributed by atoms with E-state index in [2.05, 4.69) is 26.7 Å². The molecule has 0 aromatic carbocycles. The van der Waals surface area contributed by atoms with Gasteiger partial charge in [-0.05, 0) is 24.2 Å². The van der Waals surface area contributed by atoms with Gasteiger partial charge in [0.2, 0.25) is 5.52 Å². The number of H-pyrrole nitrogens is 1. The molecule has 0 amide bonds. The van der Waals surface area contributed by atoms with Crippen molar-refractivity contribution in [3.8, 4) is 0 Å². The average Bonchev–Trinajstić information content (AvgIpc) is 3.11. The second-order valence-electron chi connectivity index (χ2n) is 8.08. The third-order valence-electron chi connectivity index (χ3n) is 6.26. The molecule has 6 rings (SSSR count). The molecule has 32 heavy (non-hydrogen) atoms. The number of anilines is 1. The molecule has 4 aromatic heterocycles. The Morgan fingerprint density at radius 1 is 1.41 bits per heavy atom. The van der Waals surface area contributed by atoms with E-state index >= 15 is 0 Å². The lowest BCUT2D eigenvalue weighted by Crippen LogP contribution is -2.31. The van der Waals surface area contributed by atoms with Crippen LogP contribution in [0.4, 0.5) is 5.82 Å². The fourth-order valence-corrected chi connectivity index (χ4v) is 5.66. The standard InChI is InChI=1S/C21H21ClN8OS/c1-2-12-18(22)17-19(25-12)26-21(27-20(17)28-9-16-15(7-23)29(16)10-28)32-11-6-14-13(24-8-11)4-3-5-30(14)31/h3-6,8,15-16H,2,7,9-10,23H2,1H3,(H,25,26,27)/t15-,16-,29?/m1/s1. The Bertz CT molecular complexity index is 1350. The van der Waals surface area contributed by atoms with Crippen molar-refractivity contribution in [3.63, 3.8) is 0 Å². The molecule has 11 heteroatoms. The van der Waals surface area contributed by atoms with Crippen LogP contribution in [0.3, 0.4) is 0 Å². The monoisotopic (exact) mass is 468 g/mol. The lowest BCUT2D eigenvalue weighted by Gasteiger charge is -2.21. The van der Waals surface area contributed by atoms with Crippen molar-refractivity contribution < 1.29 is 4.73 Å². The number of aromatic nitrogens is 5. The van der Waals surface area contributed by atoms with Gasteiger partial charge in [-0.2, -0.15) is 4.73 Å². The van der Waals surface area contributed by atoms with Crippen LogP contribution in [0.25, 0.3) is 22.1 Å². The van der Waals surface area contributed by atoms with Crippen molar-refractivity contribution in [2.24, 2.45) is 5.73 Å². The number of hydrogen-bond donors (Lipinski definition) is 2. The highest BCUT2D eigenvalue weighted by molar-refractivity contribution is 7.99. The first kappa shape index (κ1) is 20.0. The van der Waals surface area contributed by atoms with Crippen molar-refractivity contribution in [2.45, 2.75) is 35.5 Å². The van der Waals surface area contributed by atoms with Crippen molar-refractivity contribution in [2.75, 3.05) is 24.7 Å². The lowest BCUT2D eigenvalue weighted by molar-refractivity contribution is -0.577. The van der Waals surface area contributed by atoms with Crippen LogP contribution < -0.4 is 15.4 Å². The SMILES string of the molecule is CCc1[nH]c2nc(Sc3cnc4ccc[n+]([O-])c4c3)nc(N3C[C@@H]4[C@@H](CN)N4C3)c2c1Cl. The molecule has 0 spiro atoms. The van der Waals surface area contributed by atoms with Crippen LogP contribution in [0.2, 0.25) is 5.02 Å². The molecule has 3 N–H and O–H groups in total. The predicted octanol–water partition coefficient (Wildman–Crippen LogP) is 2.30. The largest absolute Gasteiger partial charge is 0.618 e. The van der Waals surface area contributed by atoms with Crippen LogP contribution in [0.1, 0.15) is 12.6 Å². The number of aromatic amines is 1. The molecule has 2 aliphatic heterocycles. The van der Waals surface area contributed by atoms with Gasteiger partial charge in [-0.25, -0.2) is 15.0 Å². The molecular weight excluding hydrogens is 448 g/mol. The normalized spacial score (nSPS) is 22.1. The van der Waals surface area contributed by atoms with Gasteiger partial charge < -0.3 is 20.8 Å². The Morgan fingerprint density at radius 2 is 2.28 bits per heavy atom. The predicted molar refractivity (Wildman–Crippen MR) is 124 cm³/mol. The third kappa shape index (κ3) is 3.09. The summed E-state index contributed by atoms with van der Waals surface area (Å²) >= 11 is 8.09. The lowest BCUT2D eigenvalue weighted by atomic mass is 10.2. The average molecular weight is 469 g/mol. The number of pyridine rings is 2. The minimum absolute atomic E-state index is 0.466. The van der Waals surface area contributed by atoms with Crippen molar-refractivity contribution in [3.05, 3.63) is 46.5 Å². The zero-order valence-corrected chi connectivity index (χ0v) is 18.9. The first-order valence-corrected chi connectivity index (χ1v) is 11.7. The van der Waals surface area contributed by atoms with Gasteiger partial charge in [0, 0.05) is 54.1 Å². The fourth-order valence-electron chi connectivity index (χ4n) is 4.55. The van der Waals surface area contributed by atoms with E-state index in [1.165, 1.54) is 18.0 Å². The van der Waals surface area contributed by atoms with Crippen LogP contribution in [0.15, 0.2) is 40.6 Å². The van der Waals surface area contributed by atoms with E-state index in [4.69, 9.17) is 27.3 Å². The van der Waals surface area contributed by atoms with Crippen molar-refractivity contribution >= 4 is 51.2 Å². The minimum Gasteiger partial charge on any atom is -0.618 e. The number of nitrogens with zero attached hydrogens (tertiary/aromatic N) is 6. The number of nitrogens with one attached hydrogen (secondary N) is 1. The highest BCUT2D eigenvalue weighted by Gasteiger charge is 2.53. The molecular formula is C21H21ClN8OS. The van der Waals surface area contributed by atoms with Gasteiger partial charge in [0.25, 0.3) is 0 Å². The first-order valence-electron chi connectivity index (χ1n) is 10.5. The van der Waals surface area contributed by atoms with Gasteiger partial charge >= 0.3 is 0 Å². The molecule has 0 saturated carbocycles. The molecule has 0 aliphatic carbocycles. The second-order valence-corrected chi connectivity index (χ2v) is 9.50. The number of hydrogen-bond acceptors (Lipinski definition) is 8. The summed E-state index contributed by atoms with van der Waals surface area (Å²) in [6, 6.07) is 6.25. The summed E-state index contributed by atoms with van der Waals surface area (Å²) in [5.74, 6) is 0.828. The topological polar surface area (TPSA) is 114 Å². The summed E-state index contributed by atoms with van der Waals surface area (Å²) < 4.78 is 0.818. The minimum atomic E-state index is 0.466. The highest BCUT2D eigenvalue weighted by Crippen LogP contribution is 2.41. The van der Waals surface area contributed by atoms with Gasteiger partial charge in [0.1, 0.15) is 17.0 Å². The number of fused-ring (bicyclic) bond motifs is 3. The summed E-state index contributed by atoms with van der Waals surface area (Å²) in [5.41, 5.74) is 8.68. The van der Waals surface area contributed by atoms with Crippen LogP contribution in [0.5, 0.6) is 0 Å². The summed E-state index contributed by atoms with van der Waals surface area (Å²) in [5, 5.41) is 14.3. The van der Waals surface area contributed by atoms with Gasteiger partial charge in [-0.1, -0.05) is 18.5 Å². The van der Waals surface area contributed by atoms with Crippen LogP contribution in [-0.2, 0) is 6.42 Å². The number of halogens is 1. The van der Waals surface area contributed by atoms with E-state index in [-0.39, 0.29) is 0 Å². The maximum atomic E-state index is 12.1. The Morgan fingerprint density at radius 3 is 3.03 bits per heavy atom. The molecule has 6 heterocycles. The molecule has 1 unspecified atom stereocenters. The van der Waals surface area contributed by atoms with Crippen molar-refractivity contribution in [1.82, 2.24) is 24.8 Å². The Balaban J connectivity index is 1.40. The van der Waals surface area contributed by atoms with Crippen LogP contribution >= 0.6 is 23.4 Å². The van der Waals surface area contributed by atoms with Gasteiger partial charge in [0.15, 0.2) is 11.4 Å². The van der Waals surface area contributed by atoms with Gasteiger partial charge in [-0.15, -0.1) is 0 Å². The molecule has 2 aliphatic rings. The molecule has 9 nitrogen and oxygen atoms in total. The summed E-state index contributed by atoms with van der Waals surface area (Å²) in [7, 11) is 0. The molecule has 0 radical (unpaired) electrons. The molecule has 4 aromatic rings. The number of rotatable bonds is 5. The van der Waals surface area contributed by atoms with E-state index in [0.29, 0.717) is 39.8 Å². The third-order valence-corrected chi connectivity index (χ3v) is 7.50. The maximum absolute atomic E-state index is 12.1. The molecule has 2 fully saturated rings. The fraction of sp³-hybridized carbons (Fsp3) is 0.333. The van der Waals surface area contributed by atoms with E-state index in [1.807, 2.05) is 12.1 Å². The van der Waals surface area contributed by atoms with Crippen LogP contribution in [-0.4, -0.2) is 56.7 Å². The summed E-state index contributed by atoms with van der Waals surface area (Å²) in [6.45, 7) is 4.38. The number of nitrogens with two attached hydrogens (primary N) is 1. The smallest absolute Gasteiger partial charge is 0.243 e. The molecule has 2 saturated heterocycles. The molecule has 0 bridgehead atoms. The zero-order chi connectivity index (χ0) is 22.0. The molecule has 164 valence electrons. The quantitative estimate of drug-likeness (QED) is 0.198. The van der Waals surface area contributed by atoms with Crippen molar-refractivity contribution in [1.29, 1.82) is 0 Å². The Kier molecular flexibility index (Phi) is 4.65. The second kappa shape index (κ2) is 7.45. The van der Waals surface area contributed by atoms with E-state index < -0.39 is 0 Å². The summed E-state index contributed by atoms with van der Waals surface area (Å²) in [4.78, 5) is 22.8. The van der Waals surface area contributed by atoms with Gasteiger partial charge in [-0.3, -0.25) is 4.90 Å². The van der Waals surface area contributed by atoms with Crippen LogP contribution in [0, 0.1) is 5.21 Å². The van der Waals surface area contributed by atoms with E-state index in [0.717, 1.165) is 51.8 Å².